The quantitative estimate of drug-likeness (QED) is 0.552. The summed E-state index contributed by atoms with van der Waals surface area (Å²) < 4.78 is 29.7. The Morgan fingerprint density at radius 2 is 1.96 bits per heavy atom. The van der Waals surface area contributed by atoms with E-state index >= 15 is 0 Å². The smallest absolute Gasteiger partial charge is 0.241 e. The van der Waals surface area contributed by atoms with Crippen molar-refractivity contribution in [1.82, 2.24) is 0 Å². The van der Waals surface area contributed by atoms with Crippen LogP contribution in [0.1, 0.15) is 5.56 Å². The van der Waals surface area contributed by atoms with Crippen LogP contribution in [0.25, 0.3) is 0 Å². The number of nitrogens with two attached hydrogens (primary N) is 1. The average Bonchev–Trinajstić information content (AvgIpc) is 2.53. The standard InChI is InChI=1S/C16H17BrN2O3S/c1-2-8-19-14-9-12(11-17)10-15(23(18,20)21)16(14)22-13-6-4-3-5-7-13/h2-7,9-10,19H,1,8,11H2,(H2,18,20,21). The average molecular weight is 397 g/mol. The molecule has 0 atom stereocenters. The predicted molar refractivity (Wildman–Crippen MR) is 95.6 cm³/mol. The first-order chi connectivity index (χ1) is 11.0. The molecule has 0 fully saturated rings. The minimum absolute atomic E-state index is 0.0649. The van der Waals surface area contributed by atoms with Crippen LogP contribution >= 0.6 is 15.9 Å². The second kappa shape index (κ2) is 7.63. The van der Waals surface area contributed by atoms with Gasteiger partial charge >= 0.3 is 0 Å². The summed E-state index contributed by atoms with van der Waals surface area (Å²) >= 11 is 3.33. The van der Waals surface area contributed by atoms with Gasteiger partial charge in [0.05, 0.1) is 5.69 Å². The fourth-order valence-corrected chi connectivity index (χ4v) is 3.02. The van der Waals surface area contributed by atoms with Gasteiger partial charge in [-0.15, -0.1) is 6.58 Å². The monoisotopic (exact) mass is 396 g/mol. The molecule has 0 radical (unpaired) electrons. The highest BCUT2D eigenvalue weighted by Gasteiger charge is 2.21. The van der Waals surface area contributed by atoms with E-state index in [1.807, 2.05) is 12.1 Å². The summed E-state index contributed by atoms with van der Waals surface area (Å²) in [6, 6.07) is 12.2. The number of rotatable bonds is 7. The molecule has 2 aromatic carbocycles. The first kappa shape index (κ1) is 17.5. The van der Waals surface area contributed by atoms with Crippen LogP contribution in [0.2, 0.25) is 0 Å². The number of halogens is 1. The largest absolute Gasteiger partial charge is 0.454 e. The normalized spacial score (nSPS) is 11.0. The van der Waals surface area contributed by atoms with Crippen LogP contribution in [0.3, 0.4) is 0 Å². The van der Waals surface area contributed by atoms with Crippen molar-refractivity contribution in [3.05, 3.63) is 60.7 Å². The van der Waals surface area contributed by atoms with Crippen LogP contribution in [0.15, 0.2) is 60.0 Å². The van der Waals surface area contributed by atoms with Gasteiger partial charge in [0.15, 0.2) is 5.75 Å². The molecule has 0 saturated heterocycles. The van der Waals surface area contributed by atoms with Crippen molar-refractivity contribution in [2.75, 3.05) is 11.9 Å². The zero-order valence-electron chi connectivity index (χ0n) is 12.3. The Labute approximate surface area is 144 Å². The Bertz CT molecular complexity index is 792. The third-order valence-electron chi connectivity index (χ3n) is 2.98. The lowest BCUT2D eigenvalue weighted by atomic mass is 10.2. The summed E-state index contributed by atoms with van der Waals surface area (Å²) in [5, 5.41) is 8.94. The SMILES string of the molecule is C=CCNc1cc(CBr)cc(S(N)(=O)=O)c1Oc1ccccc1. The molecule has 7 heteroatoms. The molecule has 122 valence electrons. The van der Waals surface area contributed by atoms with Gasteiger partial charge in [-0.05, 0) is 29.8 Å². The van der Waals surface area contributed by atoms with Crippen molar-refractivity contribution in [1.29, 1.82) is 0 Å². The maximum absolute atomic E-state index is 12.0. The van der Waals surface area contributed by atoms with Gasteiger partial charge in [0.25, 0.3) is 0 Å². The Hall–Kier alpha value is -1.83. The van der Waals surface area contributed by atoms with E-state index in [-0.39, 0.29) is 10.6 Å². The lowest BCUT2D eigenvalue weighted by Gasteiger charge is -2.17. The summed E-state index contributed by atoms with van der Waals surface area (Å²) in [6.07, 6.45) is 1.67. The van der Waals surface area contributed by atoms with Crippen molar-refractivity contribution in [3.8, 4) is 11.5 Å². The Kier molecular flexibility index (Phi) is 5.81. The number of primary sulfonamides is 1. The van der Waals surface area contributed by atoms with Gasteiger partial charge in [-0.2, -0.15) is 0 Å². The molecule has 0 spiro atoms. The molecule has 0 aromatic heterocycles. The summed E-state index contributed by atoms with van der Waals surface area (Å²) in [5.74, 6) is 0.691. The Morgan fingerprint density at radius 3 is 2.52 bits per heavy atom. The van der Waals surface area contributed by atoms with Crippen molar-refractivity contribution >= 4 is 31.6 Å². The number of sulfonamides is 1. The van der Waals surface area contributed by atoms with Crippen molar-refractivity contribution < 1.29 is 13.2 Å². The maximum atomic E-state index is 12.0. The second-order valence-electron chi connectivity index (χ2n) is 4.73. The molecule has 2 rings (SSSR count). The van der Waals surface area contributed by atoms with Crippen LogP contribution in [0.5, 0.6) is 11.5 Å². The third kappa shape index (κ3) is 4.57. The van der Waals surface area contributed by atoms with Crippen LogP contribution < -0.4 is 15.2 Å². The number of benzene rings is 2. The molecule has 5 nitrogen and oxygen atoms in total. The number of ether oxygens (including phenoxy) is 1. The number of hydrogen-bond acceptors (Lipinski definition) is 4. The summed E-state index contributed by atoms with van der Waals surface area (Å²) in [7, 11) is -3.95. The van der Waals surface area contributed by atoms with Crippen LogP contribution in [0, 0.1) is 0 Å². The van der Waals surface area contributed by atoms with E-state index in [4.69, 9.17) is 9.88 Å². The number of nitrogens with one attached hydrogen (secondary N) is 1. The van der Waals surface area contributed by atoms with Gasteiger partial charge in [0.1, 0.15) is 10.6 Å². The summed E-state index contributed by atoms with van der Waals surface area (Å²) in [6.45, 7) is 4.11. The van der Waals surface area contributed by atoms with E-state index in [9.17, 15) is 8.42 Å². The molecule has 0 unspecified atom stereocenters. The lowest BCUT2D eigenvalue weighted by molar-refractivity contribution is 0.469. The first-order valence-corrected chi connectivity index (χ1v) is 9.46. The van der Waals surface area contributed by atoms with Gasteiger partial charge in [0.2, 0.25) is 10.0 Å². The lowest BCUT2D eigenvalue weighted by Crippen LogP contribution is -2.15. The zero-order chi connectivity index (χ0) is 16.9. The van der Waals surface area contributed by atoms with Crippen LogP contribution in [-0.4, -0.2) is 15.0 Å². The van der Waals surface area contributed by atoms with Crippen LogP contribution in [-0.2, 0) is 15.4 Å². The van der Waals surface area contributed by atoms with Crippen molar-refractivity contribution in [2.24, 2.45) is 5.14 Å². The number of anilines is 1. The highest BCUT2D eigenvalue weighted by Crippen LogP contribution is 2.37. The van der Waals surface area contributed by atoms with Gasteiger partial charge in [-0.1, -0.05) is 40.2 Å². The minimum atomic E-state index is -3.95. The van der Waals surface area contributed by atoms with Gasteiger partial charge in [-0.25, -0.2) is 13.6 Å². The van der Waals surface area contributed by atoms with E-state index in [1.54, 1.807) is 30.3 Å². The molecule has 23 heavy (non-hydrogen) atoms. The molecule has 2 aromatic rings. The predicted octanol–water partition coefficient (Wildman–Crippen LogP) is 3.62. The molecule has 3 N–H and O–H groups in total. The van der Waals surface area contributed by atoms with Crippen molar-refractivity contribution in [3.63, 3.8) is 0 Å². The Morgan fingerprint density at radius 1 is 1.26 bits per heavy atom. The number of alkyl halides is 1. The van der Waals surface area contributed by atoms with Crippen molar-refractivity contribution in [2.45, 2.75) is 10.2 Å². The highest BCUT2D eigenvalue weighted by atomic mass is 79.9. The summed E-state index contributed by atoms with van der Waals surface area (Å²) in [5.41, 5.74) is 1.30. The van der Waals surface area contributed by atoms with E-state index in [0.29, 0.717) is 23.3 Å². The van der Waals surface area contributed by atoms with E-state index in [1.165, 1.54) is 6.07 Å². The molecule has 0 bridgehead atoms. The topological polar surface area (TPSA) is 81.4 Å². The molecule has 0 amide bonds. The molecular formula is C16H17BrN2O3S. The third-order valence-corrected chi connectivity index (χ3v) is 4.54. The zero-order valence-corrected chi connectivity index (χ0v) is 14.7. The maximum Gasteiger partial charge on any atom is 0.241 e. The Balaban J connectivity index is 2.60. The van der Waals surface area contributed by atoms with Gasteiger partial charge in [0, 0.05) is 11.9 Å². The molecule has 0 aliphatic heterocycles. The van der Waals surface area contributed by atoms with Crippen LogP contribution in [0.4, 0.5) is 5.69 Å². The molecule has 0 saturated carbocycles. The van der Waals surface area contributed by atoms with Gasteiger partial charge in [-0.3, -0.25) is 0 Å². The molecule has 0 aliphatic rings. The molecular weight excluding hydrogens is 380 g/mol. The fourth-order valence-electron chi connectivity index (χ4n) is 1.97. The summed E-state index contributed by atoms with van der Waals surface area (Å²) in [4.78, 5) is -0.0649. The van der Waals surface area contributed by atoms with E-state index in [2.05, 4.69) is 27.8 Å². The molecule has 0 aliphatic carbocycles. The highest BCUT2D eigenvalue weighted by molar-refractivity contribution is 9.08. The number of para-hydroxylation sites is 1. The first-order valence-electron chi connectivity index (χ1n) is 6.79. The minimum Gasteiger partial charge on any atom is -0.454 e. The number of hydrogen-bond donors (Lipinski definition) is 2. The van der Waals surface area contributed by atoms with E-state index < -0.39 is 10.0 Å². The molecule has 0 heterocycles. The van der Waals surface area contributed by atoms with Gasteiger partial charge < -0.3 is 10.1 Å². The van der Waals surface area contributed by atoms with E-state index in [0.717, 1.165) is 5.56 Å². The second-order valence-corrected chi connectivity index (χ2v) is 6.82. The fraction of sp³-hybridized carbons (Fsp3) is 0.125.